The zero-order valence-electron chi connectivity index (χ0n) is 4.17. The highest BCUT2D eigenvalue weighted by atomic mass is 35.5. The van der Waals surface area contributed by atoms with Gasteiger partial charge in [0.2, 0.25) is 0 Å². The quantitative estimate of drug-likeness (QED) is 0.522. The molecular formula is C4H3Cl3F2. The van der Waals surface area contributed by atoms with Crippen molar-refractivity contribution >= 4 is 34.8 Å². The molecule has 5 heteroatoms. The summed E-state index contributed by atoms with van der Waals surface area (Å²) in [6.07, 6.45) is -0.429. The van der Waals surface area contributed by atoms with E-state index in [1.807, 2.05) is 0 Å². The summed E-state index contributed by atoms with van der Waals surface area (Å²) in [6.45, 7) is 0. The van der Waals surface area contributed by atoms with Gasteiger partial charge in [0.25, 0.3) is 5.92 Å². The van der Waals surface area contributed by atoms with E-state index in [9.17, 15) is 8.78 Å². The minimum absolute atomic E-state index is 0.429. The van der Waals surface area contributed by atoms with Crippen molar-refractivity contribution in [3.05, 3.63) is 0 Å². The normalized spacial score (nSPS) is 37.7. The van der Waals surface area contributed by atoms with E-state index in [1.165, 1.54) is 0 Å². The molecule has 0 amide bonds. The highest BCUT2D eigenvalue weighted by Crippen LogP contribution is 2.56. The van der Waals surface area contributed by atoms with Gasteiger partial charge in [-0.1, -0.05) is 23.2 Å². The number of halogens is 5. The summed E-state index contributed by atoms with van der Waals surface area (Å²) in [7, 11) is 0. The van der Waals surface area contributed by atoms with E-state index in [0.29, 0.717) is 0 Å². The molecule has 1 fully saturated rings. The fraction of sp³-hybridized carbons (Fsp3) is 1.00. The highest BCUT2D eigenvalue weighted by Gasteiger charge is 2.66. The Morgan fingerprint density at radius 2 is 1.78 bits per heavy atom. The van der Waals surface area contributed by atoms with Gasteiger partial charge in [0, 0.05) is 6.42 Å². The van der Waals surface area contributed by atoms with E-state index >= 15 is 0 Å². The van der Waals surface area contributed by atoms with Gasteiger partial charge in [-0.05, 0) is 0 Å². The minimum atomic E-state index is -3.01. The van der Waals surface area contributed by atoms with Crippen LogP contribution in [0, 0.1) is 0 Å². The zero-order chi connectivity index (χ0) is 7.28. The van der Waals surface area contributed by atoms with Gasteiger partial charge in [0.1, 0.15) is 0 Å². The summed E-state index contributed by atoms with van der Waals surface area (Å²) in [4.78, 5) is 0. The molecule has 1 aliphatic rings. The van der Waals surface area contributed by atoms with Crippen LogP contribution in [0.5, 0.6) is 0 Å². The summed E-state index contributed by atoms with van der Waals surface area (Å²) >= 11 is 15.5. The number of rotatable bonds is 0. The van der Waals surface area contributed by atoms with Gasteiger partial charge in [-0.2, -0.15) is 0 Å². The van der Waals surface area contributed by atoms with E-state index < -0.39 is 22.1 Å². The largest absolute Gasteiger partial charge is 0.283 e. The van der Waals surface area contributed by atoms with Crippen LogP contribution < -0.4 is 0 Å². The van der Waals surface area contributed by atoms with E-state index in [-0.39, 0.29) is 0 Å². The van der Waals surface area contributed by atoms with Gasteiger partial charge in [-0.3, -0.25) is 0 Å². The topological polar surface area (TPSA) is 0 Å². The lowest BCUT2D eigenvalue weighted by Gasteiger charge is -2.43. The molecule has 9 heavy (non-hydrogen) atoms. The molecule has 0 aromatic heterocycles. The molecule has 1 rings (SSSR count). The van der Waals surface area contributed by atoms with Gasteiger partial charge >= 0.3 is 0 Å². The Morgan fingerprint density at radius 3 is 1.78 bits per heavy atom. The second kappa shape index (κ2) is 1.86. The van der Waals surface area contributed by atoms with E-state index in [4.69, 9.17) is 34.8 Å². The van der Waals surface area contributed by atoms with Crippen molar-refractivity contribution < 1.29 is 8.78 Å². The van der Waals surface area contributed by atoms with Crippen LogP contribution in [0.25, 0.3) is 0 Å². The molecule has 0 nitrogen and oxygen atoms in total. The molecule has 0 bridgehead atoms. The van der Waals surface area contributed by atoms with Crippen molar-refractivity contribution in [3.63, 3.8) is 0 Å². The Kier molecular flexibility index (Phi) is 1.62. The maximum Gasteiger partial charge on any atom is 0.283 e. The molecular weight excluding hydrogens is 192 g/mol. The first kappa shape index (κ1) is 7.83. The monoisotopic (exact) mass is 194 g/mol. The zero-order valence-corrected chi connectivity index (χ0v) is 6.44. The van der Waals surface area contributed by atoms with Crippen molar-refractivity contribution in [1.82, 2.24) is 0 Å². The van der Waals surface area contributed by atoms with Gasteiger partial charge in [0.15, 0.2) is 4.33 Å². The molecule has 0 aromatic rings. The second-order valence-electron chi connectivity index (χ2n) is 2.00. The maximum absolute atomic E-state index is 12.2. The molecule has 0 N–H and O–H groups in total. The fourth-order valence-corrected chi connectivity index (χ4v) is 1.25. The third-order valence-electron chi connectivity index (χ3n) is 1.32. The Balaban J connectivity index is 2.70. The maximum atomic E-state index is 12.2. The summed E-state index contributed by atoms with van der Waals surface area (Å²) in [5.41, 5.74) is 0. The molecule has 1 saturated carbocycles. The lowest BCUT2D eigenvalue weighted by molar-refractivity contribution is -0.0791. The fourth-order valence-electron chi connectivity index (χ4n) is 0.587. The van der Waals surface area contributed by atoms with E-state index in [0.717, 1.165) is 0 Å². The molecule has 0 aromatic carbocycles. The first-order valence-electron chi connectivity index (χ1n) is 2.27. The van der Waals surface area contributed by atoms with Crippen molar-refractivity contribution in [3.8, 4) is 0 Å². The van der Waals surface area contributed by atoms with Crippen LogP contribution in [0.1, 0.15) is 6.42 Å². The molecule has 54 valence electrons. The highest BCUT2D eigenvalue weighted by molar-refractivity contribution is 6.54. The summed E-state index contributed by atoms with van der Waals surface area (Å²) < 4.78 is 22.4. The van der Waals surface area contributed by atoms with E-state index in [1.54, 1.807) is 0 Å². The first-order valence-corrected chi connectivity index (χ1v) is 3.47. The molecule has 0 spiro atoms. The van der Waals surface area contributed by atoms with Crippen molar-refractivity contribution in [2.45, 2.75) is 22.1 Å². The van der Waals surface area contributed by atoms with E-state index in [2.05, 4.69) is 0 Å². The Morgan fingerprint density at radius 1 is 1.33 bits per heavy atom. The molecule has 0 radical (unpaired) electrons. The van der Waals surface area contributed by atoms with Crippen molar-refractivity contribution in [1.29, 1.82) is 0 Å². The number of hydrogen-bond donors (Lipinski definition) is 0. The summed E-state index contributed by atoms with van der Waals surface area (Å²) in [5.74, 6) is -3.01. The van der Waals surface area contributed by atoms with Gasteiger partial charge in [0.05, 0.1) is 5.38 Å². The minimum Gasteiger partial charge on any atom is -0.203 e. The Labute approximate surface area is 66.1 Å². The number of hydrogen-bond acceptors (Lipinski definition) is 0. The second-order valence-corrected chi connectivity index (χ2v) is 3.91. The standard InChI is InChI=1S/C4H3Cl3F2/c5-2-1-3(8,9)4(2,6)7/h2H,1H2/t2-/m1/s1. The van der Waals surface area contributed by atoms with Crippen LogP contribution >= 0.6 is 34.8 Å². The molecule has 0 saturated heterocycles. The Hall–Kier alpha value is 0.730. The van der Waals surface area contributed by atoms with Gasteiger partial charge < -0.3 is 0 Å². The van der Waals surface area contributed by atoms with Crippen LogP contribution in [0.2, 0.25) is 0 Å². The lowest BCUT2D eigenvalue weighted by Crippen LogP contribution is -2.58. The van der Waals surface area contributed by atoms with Crippen molar-refractivity contribution in [2.24, 2.45) is 0 Å². The smallest absolute Gasteiger partial charge is 0.203 e. The van der Waals surface area contributed by atoms with Crippen LogP contribution in [0.15, 0.2) is 0 Å². The average Bonchev–Trinajstić information content (AvgIpc) is 1.65. The van der Waals surface area contributed by atoms with Crippen LogP contribution in [0.3, 0.4) is 0 Å². The molecule has 0 aliphatic heterocycles. The Bertz CT molecular complexity index is 134. The third-order valence-corrected chi connectivity index (χ3v) is 3.10. The van der Waals surface area contributed by atoms with Gasteiger partial charge in [-0.15, -0.1) is 11.6 Å². The van der Waals surface area contributed by atoms with Crippen LogP contribution in [-0.4, -0.2) is 15.6 Å². The predicted molar refractivity (Wildman–Crippen MR) is 33.6 cm³/mol. The van der Waals surface area contributed by atoms with Crippen LogP contribution in [-0.2, 0) is 0 Å². The molecule has 0 heterocycles. The van der Waals surface area contributed by atoms with Gasteiger partial charge in [-0.25, -0.2) is 8.78 Å². The summed E-state index contributed by atoms with van der Waals surface area (Å²) in [5, 5.41) is -0.823. The molecule has 1 aliphatic carbocycles. The third kappa shape index (κ3) is 0.920. The average molecular weight is 195 g/mol. The lowest BCUT2D eigenvalue weighted by atomic mass is 9.92. The first-order chi connectivity index (χ1) is 3.88. The summed E-state index contributed by atoms with van der Waals surface area (Å²) in [6, 6.07) is 0. The number of alkyl halides is 5. The molecule has 0 unspecified atom stereocenters. The van der Waals surface area contributed by atoms with Crippen molar-refractivity contribution in [2.75, 3.05) is 0 Å². The van der Waals surface area contributed by atoms with Crippen LogP contribution in [0.4, 0.5) is 8.78 Å². The predicted octanol–water partition coefficient (Wildman–Crippen LogP) is 2.81. The molecule has 1 atom stereocenters. The SMILES string of the molecule is FC1(F)C[C@@H](Cl)C1(Cl)Cl.